The number of methoxy groups -OCH3 is 1. The van der Waals surface area contributed by atoms with Crippen LogP contribution in [0.5, 0.6) is 0 Å². The Kier molecular flexibility index (Phi) is 13.0. The third kappa shape index (κ3) is 5.31. The number of likely N-dealkylation sites (N-methyl/N-ethyl adjacent to an activating group) is 1. The lowest BCUT2D eigenvalue weighted by Gasteiger charge is -2.35. The first-order valence-corrected chi connectivity index (χ1v) is 6.95. The predicted molar refractivity (Wildman–Crippen MR) is 74.1 cm³/mol. The van der Waals surface area contributed by atoms with Crippen LogP contribution in [0.3, 0.4) is 0 Å². The number of nitrogens with zero attached hydrogens (tertiary/aromatic N) is 1. The molecular formula is C14H33NO. The van der Waals surface area contributed by atoms with Crippen molar-refractivity contribution in [1.29, 1.82) is 0 Å². The average Bonchev–Trinajstić information content (AvgIpc) is 2.67. The van der Waals surface area contributed by atoms with E-state index in [1.807, 2.05) is 34.8 Å². The molecule has 1 atom stereocenters. The molecule has 0 aliphatic carbocycles. The van der Waals surface area contributed by atoms with Crippen LogP contribution in [0.25, 0.3) is 0 Å². The van der Waals surface area contributed by atoms with Crippen molar-refractivity contribution >= 4 is 0 Å². The lowest BCUT2D eigenvalue weighted by molar-refractivity contribution is 0.0461. The van der Waals surface area contributed by atoms with E-state index in [1.54, 1.807) is 0 Å². The number of likely N-dealkylation sites (tertiary alicyclic amines) is 1. The summed E-state index contributed by atoms with van der Waals surface area (Å²) >= 11 is 0. The molecule has 0 aromatic heterocycles. The Labute approximate surface area is 103 Å². The molecule has 2 nitrogen and oxygen atoms in total. The fourth-order valence-electron chi connectivity index (χ4n) is 2.38. The van der Waals surface area contributed by atoms with E-state index >= 15 is 0 Å². The molecule has 0 aromatic rings. The van der Waals surface area contributed by atoms with Gasteiger partial charge in [0, 0.05) is 12.6 Å². The van der Waals surface area contributed by atoms with Crippen LogP contribution in [0.2, 0.25) is 0 Å². The summed E-state index contributed by atoms with van der Waals surface area (Å²) in [6, 6.07) is 0. The van der Waals surface area contributed by atoms with Crippen LogP contribution < -0.4 is 0 Å². The number of hydrogen-bond acceptors (Lipinski definition) is 2. The SMILES string of the molecule is CC.CC.CCC[C@@]1(COC)CCCN1C. The minimum Gasteiger partial charge on any atom is -0.383 e. The van der Waals surface area contributed by atoms with Crippen molar-refractivity contribution in [3.63, 3.8) is 0 Å². The molecule has 0 bridgehead atoms. The van der Waals surface area contributed by atoms with Crippen molar-refractivity contribution in [3.05, 3.63) is 0 Å². The maximum Gasteiger partial charge on any atom is 0.0646 e. The van der Waals surface area contributed by atoms with Gasteiger partial charge in [-0.05, 0) is 32.9 Å². The molecule has 0 aromatic carbocycles. The number of rotatable bonds is 4. The van der Waals surface area contributed by atoms with Gasteiger partial charge in [0.2, 0.25) is 0 Å². The van der Waals surface area contributed by atoms with Gasteiger partial charge in [0.1, 0.15) is 0 Å². The number of hydrogen-bond donors (Lipinski definition) is 0. The Balaban J connectivity index is 0. The van der Waals surface area contributed by atoms with E-state index in [4.69, 9.17) is 4.74 Å². The Morgan fingerprint density at radius 1 is 1.19 bits per heavy atom. The second-order valence-corrected chi connectivity index (χ2v) is 3.93. The van der Waals surface area contributed by atoms with Gasteiger partial charge in [0.25, 0.3) is 0 Å². The first-order valence-electron chi connectivity index (χ1n) is 6.95. The molecule has 100 valence electrons. The molecule has 1 fully saturated rings. The summed E-state index contributed by atoms with van der Waals surface area (Å²) in [7, 11) is 4.03. The predicted octanol–water partition coefficient (Wildman–Crippen LogP) is 3.95. The van der Waals surface area contributed by atoms with Crippen LogP contribution in [0.4, 0.5) is 0 Å². The summed E-state index contributed by atoms with van der Waals surface area (Å²) in [5, 5.41) is 0. The van der Waals surface area contributed by atoms with Crippen LogP contribution in [0, 0.1) is 0 Å². The largest absolute Gasteiger partial charge is 0.383 e. The Morgan fingerprint density at radius 3 is 2.06 bits per heavy atom. The molecule has 1 saturated heterocycles. The van der Waals surface area contributed by atoms with E-state index in [9.17, 15) is 0 Å². The van der Waals surface area contributed by atoms with E-state index in [2.05, 4.69) is 18.9 Å². The molecule has 0 radical (unpaired) electrons. The highest BCUT2D eigenvalue weighted by Gasteiger charge is 2.37. The third-order valence-corrected chi connectivity index (χ3v) is 3.07. The number of ether oxygens (including phenoxy) is 1. The van der Waals surface area contributed by atoms with E-state index in [0.29, 0.717) is 5.54 Å². The molecule has 1 rings (SSSR count). The van der Waals surface area contributed by atoms with Gasteiger partial charge in [-0.1, -0.05) is 41.0 Å². The van der Waals surface area contributed by atoms with Crippen molar-refractivity contribution in [1.82, 2.24) is 4.90 Å². The second-order valence-electron chi connectivity index (χ2n) is 3.93. The fourth-order valence-corrected chi connectivity index (χ4v) is 2.38. The van der Waals surface area contributed by atoms with Crippen molar-refractivity contribution in [2.45, 2.75) is 65.8 Å². The van der Waals surface area contributed by atoms with Gasteiger partial charge in [0.15, 0.2) is 0 Å². The van der Waals surface area contributed by atoms with Crippen LogP contribution in [-0.2, 0) is 4.74 Å². The highest BCUT2D eigenvalue weighted by Crippen LogP contribution is 2.32. The Hall–Kier alpha value is -0.0800. The van der Waals surface area contributed by atoms with Gasteiger partial charge in [-0.2, -0.15) is 0 Å². The topological polar surface area (TPSA) is 12.5 Å². The third-order valence-electron chi connectivity index (χ3n) is 3.07. The van der Waals surface area contributed by atoms with Crippen molar-refractivity contribution in [3.8, 4) is 0 Å². The summed E-state index contributed by atoms with van der Waals surface area (Å²) in [5.74, 6) is 0. The Bertz CT molecular complexity index is 131. The lowest BCUT2D eigenvalue weighted by Crippen LogP contribution is -2.45. The molecule has 0 N–H and O–H groups in total. The summed E-state index contributed by atoms with van der Waals surface area (Å²) in [6.07, 6.45) is 5.18. The molecule has 2 heteroatoms. The average molecular weight is 231 g/mol. The molecule has 1 aliphatic rings. The zero-order chi connectivity index (χ0) is 13.0. The smallest absolute Gasteiger partial charge is 0.0646 e. The van der Waals surface area contributed by atoms with E-state index in [1.165, 1.54) is 32.2 Å². The summed E-state index contributed by atoms with van der Waals surface area (Å²) in [4.78, 5) is 2.47. The summed E-state index contributed by atoms with van der Waals surface area (Å²) in [6.45, 7) is 12.4. The molecule has 16 heavy (non-hydrogen) atoms. The molecule has 0 amide bonds. The van der Waals surface area contributed by atoms with Gasteiger partial charge in [-0.15, -0.1) is 0 Å². The zero-order valence-electron chi connectivity index (χ0n) is 12.6. The van der Waals surface area contributed by atoms with Crippen LogP contribution in [0.1, 0.15) is 60.3 Å². The maximum atomic E-state index is 5.31. The standard InChI is InChI=1S/C10H21NO.2C2H6/c1-4-6-10(9-12-3)7-5-8-11(10)2;2*1-2/h4-9H2,1-3H3;2*1-2H3/t10-;;/m0../s1. The molecule has 1 aliphatic heterocycles. The second kappa shape index (κ2) is 11.4. The van der Waals surface area contributed by atoms with Gasteiger partial charge in [0.05, 0.1) is 6.61 Å². The first kappa shape index (κ1) is 18.3. The van der Waals surface area contributed by atoms with Crippen LogP contribution >= 0.6 is 0 Å². The van der Waals surface area contributed by atoms with Gasteiger partial charge in [-0.25, -0.2) is 0 Å². The zero-order valence-corrected chi connectivity index (χ0v) is 12.6. The molecule has 0 saturated carbocycles. The Morgan fingerprint density at radius 2 is 1.75 bits per heavy atom. The highest BCUT2D eigenvalue weighted by atomic mass is 16.5. The maximum absolute atomic E-state index is 5.31. The van der Waals surface area contributed by atoms with E-state index < -0.39 is 0 Å². The minimum absolute atomic E-state index is 0.365. The minimum atomic E-state index is 0.365. The quantitative estimate of drug-likeness (QED) is 0.726. The van der Waals surface area contributed by atoms with Crippen molar-refractivity contribution < 1.29 is 4.74 Å². The molecule has 1 heterocycles. The fraction of sp³-hybridized carbons (Fsp3) is 1.00. The molecular weight excluding hydrogens is 198 g/mol. The van der Waals surface area contributed by atoms with E-state index in [-0.39, 0.29) is 0 Å². The monoisotopic (exact) mass is 231 g/mol. The summed E-state index contributed by atoms with van der Waals surface area (Å²) < 4.78 is 5.31. The first-order chi connectivity index (χ1) is 7.75. The van der Waals surface area contributed by atoms with Crippen molar-refractivity contribution in [2.24, 2.45) is 0 Å². The molecule has 0 spiro atoms. The summed E-state index contributed by atoms with van der Waals surface area (Å²) in [5.41, 5.74) is 0.365. The van der Waals surface area contributed by atoms with Crippen LogP contribution in [0.15, 0.2) is 0 Å². The lowest BCUT2D eigenvalue weighted by atomic mass is 9.92. The van der Waals surface area contributed by atoms with Crippen LogP contribution in [-0.4, -0.2) is 37.7 Å². The van der Waals surface area contributed by atoms with Crippen molar-refractivity contribution in [2.75, 3.05) is 27.3 Å². The molecule has 0 unspecified atom stereocenters. The van der Waals surface area contributed by atoms with Gasteiger partial charge < -0.3 is 4.74 Å². The highest BCUT2D eigenvalue weighted by molar-refractivity contribution is 4.93. The van der Waals surface area contributed by atoms with E-state index in [0.717, 1.165) is 6.61 Å². The van der Waals surface area contributed by atoms with Gasteiger partial charge in [-0.3, -0.25) is 4.90 Å². The van der Waals surface area contributed by atoms with Gasteiger partial charge >= 0.3 is 0 Å². The normalized spacial score (nSPS) is 24.2.